The molecule has 1 atom stereocenters. The van der Waals surface area contributed by atoms with Crippen LogP contribution in [-0.2, 0) is 4.79 Å². The highest BCUT2D eigenvalue weighted by Crippen LogP contribution is 2.15. The summed E-state index contributed by atoms with van der Waals surface area (Å²) in [6.45, 7) is 4.04. The van der Waals surface area contributed by atoms with Gasteiger partial charge in [-0.05, 0) is 30.7 Å². The lowest BCUT2D eigenvalue weighted by atomic mass is 10.1. The molecule has 0 bridgehead atoms. The molecule has 1 unspecified atom stereocenters. The zero-order valence-corrected chi connectivity index (χ0v) is 11.3. The highest BCUT2D eigenvalue weighted by molar-refractivity contribution is 5.92. The Labute approximate surface area is 113 Å². The largest absolute Gasteiger partial charge is 0.326 e. The number of hydrogen-bond acceptors (Lipinski definition) is 2. The second-order valence-electron chi connectivity index (χ2n) is 4.70. The van der Waals surface area contributed by atoms with E-state index in [2.05, 4.69) is 17.2 Å². The van der Waals surface area contributed by atoms with Crippen LogP contribution in [0.1, 0.15) is 26.7 Å². The average Bonchev–Trinajstić information content (AvgIpc) is 2.94. The Morgan fingerprint density at radius 1 is 1.37 bits per heavy atom. The molecule has 2 aromatic rings. The quantitative estimate of drug-likeness (QED) is 0.893. The number of nitrogens with one attached hydrogen (secondary N) is 1. The van der Waals surface area contributed by atoms with Crippen LogP contribution < -0.4 is 5.32 Å². The van der Waals surface area contributed by atoms with Gasteiger partial charge in [-0.25, -0.2) is 4.98 Å². The fraction of sp³-hybridized carbons (Fsp3) is 0.333. The van der Waals surface area contributed by atoms with E-state index >= 15 is 0 Å². The van der Waals surface area contributed by atoms with Crippen LogP contribution in [0.2, 0.25) is 0 Å². The van der Waals surface area contributed by atoms with Crippen molar-refractivity contribution < 1.29 is 4.79 Å². The van der Waals surface area contributed by atoms with Crippen molar-refractivity contribution >= 4 is 11.6 Å². The van der Waals surface area contributed by atoms with Gasteiger partial charge in [-0.2, -0.15) is 0 Å². The lowest BCUT2D eigenvalue weighted by Gasteiger charge is -2.11. The normalized spacial score (nSPS) is 12.1. The molecule has 1 N–H and O–H groups in total. The van der Waals surface area contributed by atoms with Gasteiger partial charge in [0.15, 0.2) is 0 Å². The Morgan fingerprint density at radius 2 is 2.11 bits per heavy atom. The molecular formula is C15H19N3O. The number of rotatable bonds is 5. The molecule has 0 fully saturated rings. The molecule has 4 nitrogen and oxygen atoms in total. The molecule has 0 radical (unpaired) electrons. The summed E-state index contributed by atoms with van der Waals surface area (Å²) < 4.78 is 1.92. The Morgan fingerprint density at radius 3 is 2.68 bits per heavy atom. The fourth-order valence-electron chi connectivity index (χ4n) is 1.96. The van der Waals surface area contributed by atoms with Gasteiger partial charge in [-0.15, -0.1) is 0 Å². The maximum absolute atomic E-state index is 11.9. The molecule has 1 aromatic heterocycles. The second kappa shape index (κ2) is 6.18. The van der Waals surface area contributed by atoms with E-state index in [4.69, 9.17) is 0 Å². The zero-order valence-electron chi connectivity index (χ0n) is 11.3. The molecule has 1 heterocycles. The summed E-state index contributed by atoms with van der Waals surface area (Å²) in [7, 11) is 0. The first-order valence-electron chi connectivity index (χ1n) is 6.60. The number of anilines is 1. The average molecular weight is 257 g/mol. The molecule has 0 aliphatic heterocycles. The van der Waals surface area contributed by atoms with Crippen LogP contribution in [0.25, 0.3) is 5.69 Å². The Kier molecular flexibility index (Phi) is 4.34. The molecule has 0 saturated carbocycles. The first-order valence-corrected chi connectivity index (χ1v) is 6.60. The van der Waals surface area contributed by atoms with Crippen molar-refractivity contribution in [2.75, 3.05) is 5.32 Å². The number of carbonyl (C=O) groups is 1. The molecule has 4 heteroatoms. The number of imidazole rings is 1. The van der Waals surface area contributed by atoms with Crippen LogP contribution >= 0.6 is 0 Å². The van der Waals surface area contributed by atoms with Crippen LogP contribution in [0, 0.1) is 5.92 Å². The summed E-state index contributed by atoms with van der Waals surface area (Å²) in [6.07, 6.45) is 7.31. The molecule has 0 spiro atoms. The monoisotopic (exact) mass is 257 g/mol. The van der Waals surface area contributed by atoms with Crippen molar-refractivity contribution in [2.24, 2.45) is 5.92 Å². The van der Waals surface area contributed by atoms with Crippen LogP contribution in [0.4, 0.5) is 5.69 Å². The molecule has 0 saturated heterocycles. The molecule has 2 rings (SSSR count). The van der Waals surface area contributed by atoms with E-state index in [1.807, 2.05) is 42.0 Å². The van der Waals surface area contributed by atoms with Crippen molar-refractivity contribution in [2.45, 2.75) is 26.7 Å². The van der Waals surface area contributed by atoms with Crippen molar-refractivity contribution in [1.29, 1.82) is 0 Å². The number of hydrogen-bond donors (Lipinski definition) is 1. The number of aromatic nitrogens is 2. The first-order chi connectivity index (χ1) is 9.20. The van der Waals surface area contributed by atoms with E-state index in [-0.39, 0.29) is 11.8 Å². The van der Waals surface area contributed by atoms with Gasteiger partial charge in [0.05, 0.1) is 6.33 Å². The van der Waals surface area contributed by atoms with Gasteiger partial charge in [0.25, 0.3) is 0 Å². The second-order valence-corrected chi connectivity index (χ2v) is 4.70. The van der Waals surface area contributed by atoms with E-state index in [9.17, 15) is 4.79 Å². The zero-order chi connectivity index (χ0) is 13.7. The maximum Gasteiger partial charge on any atom is 0.227 e. The number of benzene rings is 1. The Balaban J connectivity index is 2.01. The smallest absolute Gasteiger partial charge is 0.227 e. The van der Waals surface area contributed by atoms with E-state index in [0.29, 0.717) is 0 Å². The summed E-state index contributed by atoms with van der Waals surface area (Å²) in [5.74, 6) is 0.135. The van der Waals surface area contributed by atoms with Gasteiger partial charge in [-0.3, -0.25) is 4.79 Å². The first kappa shape index (κ1) is 13.3. The SMILES string of the molecule is CCCC(C)C(=O)Nc1ccc(-n2ccnc2)cc1. The lowest BCUT2D eigenvalue weighted by molar-refractivity contribution is -0.119. The minimum Gasteiger partial charge on any atom is -0.326 e. The number of carbonyl (C=O) groups excluding carboxylic acids is 1. The third kappa shape index (κ3) is 3.44. The van der Waals surface area contributed by atoms with Crippen LogP contribution in [0.15, 0.2) is 43.0 Å². The Bertz CT molecular complexity index is 517. The van der Waals surface area contributed by atoms with Crippen LogP contribution in [-0.4, -0.2) is 15.5 Å². The molecule has 19 heavy (non-hydrogen) atoms. The molecular weight excluding hydrogens is 238 g/mol. The molecule has 0 aliphatic rings. The van der Waals surface area contributed by atoms with E-state index < -0.39 is 0 Å². The fourth-order valence-corrected chi connectivity index (χ4v) is 1.96. The van der Waals surface area contributed by atoms with Gasteiger partial charge < -0.3 is 9.88 Å². The van der Waals surface area contributed by atoms with Crippen molar-refractivity contribution in [3.63, 3.8) is 0 Å². The lowest BCUT2D eigenvalue weighted by Crippen LogP contribution is -2.20. The van der Waals surface area contributed by atoms with Gasteiger partial charge >= 0.3 is 0 Å². The van der Waals surface area contributed by atoms with Gasteiger partial charge in [0.2, 0.25) is 5.91 Å². The summed E-state index contributed by atoms with van der Waals surface area (Å²) in [5, 5.41) is 2.94. The third-order valence-electron chi connectivity index (χ3n) is 3.11. The van der Waals surface area contributed by atoms with Crippen molar-refractivity contribution in [3.05, 3.63) is 43.0 Å². The molecule has 0 aliphatic carbocycles. The van der Waals surface area contributed by atoms with Crippen molar-refractivity contribution in [3.8, 4) is 5.69 Å². The molecule has 1 amide bonds. The van der Waals surface area contributed by atoms with E-state index in [1.165, 1.54) is 0 Å². The van der Waals surface area contributed by atoms with Gasteiger partial charge in [-0.1, -0.05) is 20.3 Å². The van der Waals surface area contributed by atoms with Gasteiger partial charge in [0.1, 0.15) is 0 Å². The maximum atomic E-state index is 11.9. The standard InChI is InChI=1S/C15H19N3O/c1-3-4-12(2)15(19)17-13-5-7-14(8-6-13)18-10-9-16-11-18/h5-12H,3-4H2,1-2H3,(H,17,19). The topological polar surface area (TPSA) is 46.9 Å². The minimum absolute atomic E-state index is 0.0540. The summed E-state index contributed by atoms with van der Waals surface area (Å²) in [4.78, 5) is 15.9. The van der Waals surface area contributed by atoms with E-state index in [0.717, 1.165) is 24.2 Å². The predicted molar refractivity (Wildman–Crippen MR) is 76.3 cm³/mol. The van der Waals surface area contributed by atoms with Crippen LogP contribution in [0.3, 0.4) is 0 Å². The Hall–Kier alpha value is -2.10. The molecule has 100 valence electrons. The van der Waals surface area contributed by atoms with Crippen molar-refractivity contribution in [1.82, 2.24) is 9.55 Å². The third-order valence-corrected chi connectivity index (χ3v) is 3.11. The minimum atomic E-state index is 0.0540. The summed E-state index contributed by atoms with van der Waals surface area (Å²) >= 11 is 0. The van der Waals surface area contributed by atoms with E-state index in [1.54, 1.807) is 12.5 Å². The highest BCUT2D eigenvalue weighted by atomic mass is 16.1. The number of amides is 1. The predicted octanol–water partition coefficient (Wildman–Crippen LogP) is 3.25. The highest BCUT2D eigenvalue weighted by Gasteiger charge is 2.11. The summed E-state index contributed by atoms with van der Waals surface area (Å²) in [5.41, 5.74) is 1.86. The van der Waals surface area contributed by atoms with Crippen LogP contribution in [0.5, 0.6) is 0 Å². The number of nitrogens with zero attached hydrogens (tertiary/aromatic N) is 2. The van der Waals surface area contributed by atoms with Gasteiger partial charge in [0, 0.05) is 29.7 Å². The molecule has 1 aromatic carbocycles. The summed E-state index contributed by atoms with van der Waals surface area (Å²) in [6, 6.07) is 7.74.